The predicted octanol–water partition coefficient (Wildman–Crippen LogP) is 3.35. The standard InChI is InChI=1S/C14H16Cl2N2O/c1-9-2-3-10-8-11(15)4-5-12(10)18-14(16)13(9)17-6-7-19/h4-5,7-9,13,17H,2-3,6H2,1H3. The molecule has 1 aliphatic rings. The van der Waals surface area contributed by atoms with Crippen LogP contribution < -0.4 is 5.32 Å². The molecule has 0 fully saturated rings. The summed E-state index contributed by atoms with van der Waals surface area (Å²) in [5.41, 5.74) is 1.98. The molecule has 0 saturated heterocycles. The molecule has 3 nitrogen and oxygen atoms in total. The van der Waals surface area contributed by atoms with Crippen molar-refractivity contribution in [3.63, 3.8) is 0 Å². The van der Waals surface area contributed by atoms with Gasteiger partial charge in [-0.05, 0) is 42.5 Å². The molecule has 1 N–H and O–H groups in total. The number of nitrogens with one attached hydrogen (secondary N) is 1. The van der Waals surface area contributed by atoms with Crippen molar-refractivity contribution in [1.82, 2.24) is 5.32 Å². The third-order valence-corrected chi connectivity index (χ3v) is 3.94. The van der Waals surface area contributed by atoms with Crippen LogP contribution in [-0.4, -0.2) is 24.0 Å². The van der Waals surface area contributed by atoms with Gasteiger partial charge in [0, 0.05) is 5.02 Å². The number of aryl methyl sites for hydroxylation is 1. The molecule has 1 aromatic carbocycles. The Labute approximate surface area is 123 Å². The smallest absolute Gasteiger partial charge is 0.133 e. The number of fused-ring (bicyclic) bond motifs is 1. The Balaban J connectivity index is 2.33. The van der Waals surface area contributed by atoms with Gasteiger partial charge in [-0.25, -0.2) is 4.99 Å². The molecular weight excluding hydrogens is 283 g/mol. The third kappa shape index (κ3) is 3.56. The molecule has 0 saturated carbocycles. The fourth-order valence-corrected chi connectivity index (χ4v) is 2.87. The lowest BCUT2D eigenvalue weighted by Crippen LogP contribution is -2.41. The largest absolute Gasteiger partial charge is 0.302 e. The van der Waals surface area contributed by atoms with Crippen molar-refractivity contribution in [1.29, 1.82) is 0 Å². The Hall–Kier alpha value is -0.900. The van der Waals surface area contributed by atoms with Crippen molar-refractivity contribution in [2.75, 3.05) is 6.54 Å². The van der Waals surface area contributed by atoms with Crippen molar-refractivity contribution in [3.05, 3.63) is 28.8 Å². The summed E-state index contributed by atoms with van der Waals surface area (Å²) < 4.78 is 0. The average molecular weight is 299 g/mol. The Morgan fingerprint density at radius 3 is 3.00 bits per heavy atom. The number of nitrogens with zero attached hydrogens (tertiary/aromatic N) is 1. The molecule has 0 spiro atoms. The van der Waals surface area contributed by atoms with Crippen molar-refractivity contribution < 1.29 is 4.79 Å². The topological polar surface area (TPSA) is 41.5 Å². The Morgan fingerprint density at radius 1 is 1.47 bits per heavy atom. The molecule has 0 radical (unpaired) electrons. The third-order valence-electron chi connectivity index (χ3n) is 3.38. The van der Waals surface area contributed by atoms with E-state index >= 15 is 0 Å². The molecule has 2 atom stereocenters. The summed E-state index contributed by atoms with van der Waals surface area (Å²) in [6, 6.07) is 5.56. The van der Waals surface area contributed by atoms with Crippen LogP contribution in [0.2, 0.25) is 5.02 Å². The first kappa shape index (κ1) is 14.5. The normalized spacial score (nSPS) is 23.0. The number of aldehydes is 1. The Morgan fingerprint density at radius 2 is 2.26 bits per heavy atom. The van der Waals surface area contributed by atoms with Gasteiger partial charge in [-0.3, -0.25) is 0 Å². The highest BCUT2D eigenvalue weighted by Crippen LogP contribution is 2.30. The number of carbonyl (C=O) groups excluding carboxylic acids is 1. The quantitative estimate of drug-likeness (QED) is 0.870. The second-order valence-corrected chi connectivity index (χ2v) is 5.60. The second kappa shape index (κ2) is 6.51. The van der Waals surface area contributed by atoms with E-state index in [1.165, 1.54) is 0 Å². The van der Waals surface area contributed by atoms with Crippen LogP contribution in [0.15, 0.2) is 23.2 Å². The Kier molecular flexibility index (Phi) is 4.97. The van der Waals surface area contributed by atoms with Crippen LogP contribution in [0.1, 0.15) is 18.9 Å². The number of carbonyl (C=O) groups is 1. The van der Waals surface area contributed by atoms with Crippen molar-refractivity contribution >= 4 is 40.3 Å². The number of rotatable bonds is 3. The number of hydrogen-bond donors (Lipinski definition) is 1. The van der Waals surface area contributed by atoms with Gasteiger partial charge in [-0.1, -0.05) is 30.1 Å². The van der Waals surface area contributed by atoms with Crippen LogP contribution >= 0.6 is 23.2 Å². The molecule has 19 heavy (non-hydrogen) atoms. The lowest BCUT2D eigenvalue weighted by Gasteiger charge is -2.25. The van der Waals surface area contributed by atoms with E-state index < -0.39 is 0 Å². The van der Waals surface area contributed by atoms with E-state index in [0.29, 0.717) is 16.1 Å². The first-order valence-corrected chi connectivity index (χ1v) is 7.07. The molecule has 0 amide bonds. The first-order chi connectivity index (χ1) is 9.11. The molecule has 1 aromatic rings. The van der Waals surface area contributed by atoms with Crippen LogP contribution in [0.25, 0.3) is 0 Å². The van der Waals surface area contributed by atoms with E-state index in [1.54, 1.807) is 0 Å². The zero-order valence-electron chi connectivity index (χ0n) is 10.7. The minimum atomic E-state index is -0.0734. The van der Waals surface area contributed by atoms with E-state index in [0.717, 1.165) is 30.4 Å². The molecule has 0 aromatic heterocycles. The second-order valence-electron chi connectivity index (χ2n) is 4.78. The monoisotopic (exact) mass is 298 g/mol. The zero-order chi connectivity index (χ0) is 13.8. The highest BCUT2D eigenvalue weighted by atomic mass is 35.5. The van der Waals surface area contributed by atoms with Gasteiger partial charge in [0.1, 0.15) is 11.5 Å². The van der Waals surface area contributed by atoms with Gasteiger partial charge in [0.25, 0.3) is 0 Å². The maximum Gasteiger partial charge on any atom is 0.133 e. The Bertz CT molecular complexity index is 502. The van der Waals surface area contributed by atoms with Gasteiger partial charge >= 0.3 is 0 Å². The van der Waals surface area contributed by atoms with Gasteiger partial charge in [0.2, 0.25) is 0 Å². The molecule has 102 valence electrons. The highest BCUT2D eigenvalue weighted by molar-refractivity contribution is 6.67. The van der Waals surface area contributed by atoms with Crippen LogP contribution in [0.3, 0.4) is 0 Å². The van der Waals surface area contributed by atoms with Gasteiger partial charge in [-0.15, -0.1) is 0 Å². The van der Waals surface area contributed by atoms with Gasteiger partial charge in [-0.2, -0.15) is 0 Å². The zero-order valence-corrected chi connectivity index (χ0v) is 12.2. The van der Waals surface area contributed by atoms with Crippen molar-refractivity contribution in [2.24, 2.45) is 10.9 Å². The summed E-state index contributed by atoms with van der Waals surface area (Å²) in [7, 11) is 0. The van der Waals surface area contributed by atoms with Crippen LogP contribution in [-0.2, 0) is 11.2 Å². The fourth-order valence-electron chi connectivity index (χ4n) is 2.29. The van der Waals surface area contributed by atoms with E-state index in [1.807, 2.05) is 18.2 Å². The lowest BCUT2D eigenvalue weighted by atomic mass is 9.92. The SMILES string of the molecule is CC1CCc2cc(Cl)ccc2N=C(Cl)C1NCC=O. The molecule has 5 heteroatoms. The summed E-state index contributed by atoms with van der Waals surface area (Å²) in [6.45, 7) is 2.39. The fraction of sp³-hybridized carbons (Fsp3) is 0.429. The van der Waals surface area contributed by atoms with Gasteiger partial charge < -0.3 is 10.1 Å². The van der Waals surface area contributed by atoms with E-state index in [-0.39, 0.29) is 12.6 Å². The molecule has 1 heterocycles. The molecule has 2 unspecified atom stereocenters. The summed E-state index contributed by atoms with van der Waals surface area (Å²) in [4.78, 5) is 15.0. The van der Waals surface area contributed by atoms with Crippen LogP contribution in [0.5, 0.6) is 0 Å². The number of hydrogen-bond acceptors (Lipinski definition) is 3. The summed E-state index contributed by atoms with van der Waals surface area (Å²) in [5.74, 6) is 0.309. The minimum Gasteiger partial charge on any atom is -0.302 e. The van der Waals surface area contributed by atoms with E-state index in [4.69, 9.17) is 23.2 Å². The van der Waals surface area contributed by atoms with E-state index in [9.17, 15) is 4.79 Å². The van der Waals surface area contributed by atoms with Gasteiger partial charge in [0.05, 0.1) is 18.3 Å². The highest BCUT2D eigenvalue weighted by Gasteiger charge is 2.24. The summed E-state index contributed by atoms with van der Waals surface area (Å²) >= 11 is 12.3. The first-order valence-electron chi connectivity index (χ1n) is 6.31. The van der Waals surface area contributed by atoms with Gasteiger partial charge in [0.15, 0.2) is 0 Å². The predicted molar refractivity (Wildman–Crippen MR) is 79.7 cm³/mol. The summed E-state index contributed by atoms with van der Waals surface area (Å²) in [6.07, 6.45) is 2.71. The lowest BCUT2D eigenvalue weighted by molar-refractivity contribution is -0.107. The molecule has 0 aliphatic carbocycles. The maximum absolute atomic E-state index is 10.5. The maximum atomic E-state index is 10.5. The molecule has 2 rings (SSSR count). The van der Waals surface area contributed by atoms with Crippen LogP contribution in [0.4, 0.5) is 5.69 Å². The number of benzene rings is 1. The van der Waals surface area contributed by atoms with Crippen LogP contribution in [0, 0.1) is 5.92 Å². The van der Waals surface area contributed by atoms with Crippen molar-refractivity contribution in [3.8, 4) is 0 Å². The van der Waals surface area contributed by atoms with Crippen molar-refractivity contribution in [2.45, 2.75) is 25.8 Å². The van der Waals surface area contributed by atoms with E-state index in [2.05, 4.69) is 17.2 Å². The summed E-state index contributed by atoms with van der Waals surface area (Å²) in [5, 5.41) is 4.34. The minimum absolute atomic E-state index is 0.0734. The number of aliphatic imine (C=N–C) groups is 1. The molecule has 1 aliphatic heterocycles. The molecule has 0 bridgehead atoms. The number of halogens is 2. The average Bonchev–Trinajstić information content (AvgIpc) is 2.38. The molecular formula is C14H16Cl2N2O.